The second-order valence-corrected chi connectivity index (χ2v) is 8.29. The summed E-state index contributed by atoms with van der Waals surface area (Å²) in [6, 6.07) is 5.88. The molecule has 0 unspecified atom stereocenters. The summed E-state index contributed by atoms with van der Waals surface area (Å²) in [4.78, 5) is 29.3. The van der Waals surface area contributed by atoms with Gasteiger partial charge < -0.3 is 15.4 Å². The van der Waals surface area contributed by atoms with E-state index in [-0.39, 0.29) is 17.7 Å². The standard InChI is InChI=1S/C24H24N6O3/c1-25-24(32)19-11-26-22(27-23(31)13-4-5-13)18-9-15(8-17(18)19)16-7-6-14(10-21(16)33-3)20-12-30(2)29-28-20/h6-8,10-13H,4-5,9H2,1-3H3,(H,25,32)(H,26,27,31). The predicted octanol–water partition coefficient (Wildman–Crippen LogP) is 2.69. The molecule has 168 valence electrons. The zero-order valence-corrected chi connectivity index (χ0v) is 18.7. The fourth-order valence-corrected chi connectivity index (χ4v) is 4.08. The second-order valence-electron chi connectivity index (χ2n) is 8.29. The van der Waals surface area contributed by atoms with E-state index in [1.54, 1.807) is 18.8 Å². The molecule has 0 bridgehead atoms. The van der Waals surface area contributed by atoms with Crippen molar-refractivity contribution in [3.8, 4) is 17.0 Å². The summed E-state index contributed by atoms with van der Waals surface area (Å²) in [5.41, 5.74) is 5.61. The number of nitrogens with zero attached hydrogens (tertiary/aromatic N) is 4. The highest BCUT2D eigenvalue weighted by molar-refractivity contribution is 6.05. The minimum atomic E-state index is -0.221. The Morgan fingerprint density at radius 3 is 2.73 bits per heavy atom. The first-order valence-corrected chi connectivity index (χ1v) is 10.8. The molecule has 33 heavy (non-hydrogen) atoms. The summed E-state index contributed by atoms with van der Waals surface area (Å²) in [5.74, 6) is 1.02. The van der Waals surface area contributed by atoms with Crippen LogP contribution in [0.15, 0.2) is 30.6 Å². The van der Waals surface area contributed by atoms with Gasteiger partial charge in [0.1, 0.15) is 17.3 Å². The van der Waals surface area contributed by atoms with Gasteiger partial charge in [0.05, 0.1) is 18.9 Å². The zero-order valence-electron chi connectivity index (χ0n) is 18.7. The van der Waals surface area contributed by atoms with E-state index in [9.17, 15) is 9.59 Å². The second kappa shape index (κ2) is 8.16. The Hall–Kier alpha value is -4.01. The summed E-state index contributed by atoms with van der Waals surface area (Å²) < 4.78 is 7.35. The third-order valence-corrected chi connectivity index (χ3v) is 6.02. The number of ether oxygens (including phenoxy) is 1. The number of aromatic nitrogens is 4. The van der Waals surface area contributed by atoms with Gasteiger partial charge in [0.15, 0.2) is 0 Å². The maximum atomic E-state index is 12.5. The molecule has 1 aromatic carbocycles. The van der Waals surface area contributed by atoms with Crippen LogP contribution in [0.25, 0.3) is 22.9 Å². The van der Waals surface area contributed by atoms with Gasteiger partial charge in [-0.25, -0.2) is 4.98 Å². The Balaban J connectivity index is 1.53. The smallest absolute Gasteiger partial charge is 0.253 e. The van der Waals surface area contributed by atoms with Crippen LogP contribution in [0.1, 0.15) is 39.9 Å². The lowest BCUT2D eigenvalue weighted by atomic mass is 10.00. The number of benzene rings is 1. The molecule has 1 saturated carbocycles. The number of hydrogen-bond donors (Lipinski definition) is 2. The first-order chi connectivity index (χ1) is 16.0. The zero-order chi connectivity index (χ0) is 23.1. The lowest BCUT2D eigenvalue weighted by molar-refractivity contribution is -0.117. The van der Waals surface area contributed by atoms with Crippen molar-refractivity contribution in [1.82, 2.24) is 25.3 Å². The number of methoxy groups -OCH3 is 1. The van der Waals surface area contributed by atoms with E-state index in [1.165, 1.54) is 6.20 Å². The molecule has 2 amide bonds. The molecule has 0 spiro atoms. The molecule has 1 fully saturated rings. The average molecular weight is 444 g/mol. The highest BCUT2D eigenvalue weighted by Gasteiger charge is 2.32. The number of allylic oxidation sites excluding steroid dienone is 1. The van der Waals surface area contributed by atoms with Crippen LogP contribution in [-0.2, 0) is 18.3 Å². The van der Waals surface area contributed by atoms with Gasteiger partial charge in [-0.15, -0.1) is 5.10 Å². The molecule has 0 radical (unpaired) electrons. The van der Waals surface area contributed by atoms with E-state index >= 15 is 0 Å². The van der Waals surface area contributed by atoms with Gasteiger partial charge in [-0.05, 0) is 36.1 Å². The van der Waals surface area contributed by atoms with Crippen molar-refractivity contribution in [1.29, 1.82) is 0 Å². The number of carbonyl (C=O) groups is 2. The first kappa shape index (κ1) is 20.9. The normalized spacial score (nSPS) is 14.5. The van der Waals surface area contributed by atoms with E-state index in [0.717, 1.165) is 46.4 Å². The monoisotopic (exact) mass is 444 g/mol. The molecular formula is C24H24N6O3. The topological polar surface area (TPSA) is 111 Å². The summed E-state index contributed by atoms with van der Waals surface area (Å²) >= 11 is 0. The van der Waals surface area contributed by atoms with Crippen molar-refractivity contribution in [3.63, 3.8) is 0 Å². The van der Waals surface area contributed by atoms with Crippen LogP contribution in [0, 0.1) is 5.92 Å². The largest absolute Gasteiger partial charge is 0.496 e. The molecule has 0 aliphatic heterocycles. The number of amides is 2. The summed E-state index contributed by atoms with van der Waals surface area (Å²) in [6.07, 6.45) is 7.68. The summed E-state index contributed by atoms with van der Waals surface area (Å²) in [6.45, 7) is 0. The molecule has 0 saturated heterocycles. The van der Waals surface area contributed by atoms with Gasteiger partial charge in [0.25, 0.3) is 5.91 Å². The molecule has 2 aromatic heterocycles. The molecule has 9 heteroatoms. The van der Waals surface area contributed by atoms with Crippen LogP contribution in [0.4, 0.5) is 5.82 Å². The molecule has 9 nitrogen and oxygen atoms in total. The molecule has 2 N–H and O–H groups in total. The Kier molecular flexibility index (Phi) is 5.16. The van der Waals surface area contributed by atoms with E-state index in [0.29, 0.717) is 23.6 Å². The third kappa shape index (κ3) is 3.86. The summed E-state index contributed by atoms with van der Waals surface area (Å²) in [5, 5.41) is 13.8. The number of pyridine rings is 1. The maximum absolute atomic E-state index is 12.5. The van der Waals surface area contributed by atoms with Gasteiger partial charge in [0.2, 0.25) is 5.91 Å². The van der Waals surface area contributed by atoms with Crippen molar-refractivity contribution >= 4 is 29.3 Å². The van der Waals surface area contributed by atoms with E-state index in [1.807, 2.05) is 37.5 Å². The van der Waals surface area contributed by atoms with Crippen LogP contribution in [-0.4, -0.2) is 45.9 Å². The van der Waals surface area contributed by atoms with Crippen molar-refractivity contribution in [3.05, 3.63) is 52.8 Å². The number of nitrogens with one attached hydrogen (secondary N) is 2. The number of aryl methyl sites for hydroxylation is 1. The van der Waals surface area contributed by atoms with E-state index in [2.05, 4.69) is 25.9 Å². The van der Waals surface area contributed by atoms with Crippen LogP contribution < -0.4 is 15.4 Å². The molecule has 0 atom stereocenters. The van der Waals surface area contributed by atoms with Gasteiger partial charge >= 0.3 is 0 Å². The van der Waals surface area contributed by atoms with Gasteiger partial charge in [-0.1, -0.05) is 17.3 Å². The Morgan fingerprint density at radius 2 is 2.06 bits per heavy atom. The predicted molar refractivity (Wildman–Crippen MR) is 124 cm³/mol. The molecule has 2 aliphatic carbocycles. The molecule has 3 aromatic rings. The Morgan fingerprint density at radius 1 is 1.24 bits per heavy atom. The highest BCUT2D eigenvalue weighted by atomic mass is 16.5. The van der Waals surface area contributed by atoms with Gasteiger partial charge in [-0.2, -0.15) is 0 Å². The lowest BCUT2D eigenvalue weighted by Crippen LogP contribution is -2.21. The Bertz CT molecular complexity index is 1310. The van der Waals surface area contributed by atoms with Crippen LogP contribution in [0.3, 0.4) is 0 Å². The number of anilines is 1. The number of carbonyl (C=O) groups excluding carboxylic acids is 2. The van der Waals surface area contributed by atoms with E-state index in [4.69, 9.17) is 4.74 Å². The fraction of sp³-hybridized carbons (Fsp3) is 0.292. The van der Waals surface area contributed by atoms with Crippen LogP contribution in [0.2, 0.25) is 0 Å². The van der Waals surface area contributed by atoms with Gasteiger partial charge in [-0.3, -0.25) is 14.3 Å². The highest BCUT2D eigenvalue weighted by Crippen LogP contribution is 2.41. The van der Waals surface area contributed by atoms with Crippen LogP contribution in [0.5, 0.6) is 5.75 Å². The minimum absolute atomic E-state index is 0.0169. The lowest BCUT2D eigenvalue weighted by Gasteiger charge is -2.13. The SMILES string of the molecule is CNC(=O)c1cnc(NC(=O)C2CC2)c2c1C=C(c1ccc(-c3cn(C)nn3)cc1OC)C2. The number of rotatable bonds is 6. The minimum Gasteiger partial charge on any atom is -0.496 e. The molecule has 5 rings (SSSR count). The van der Waals surface area contributed by atoms with Crippen molar-refractivity contribution < 1.29 is 14.3 Å². The van der Waals surface area contributed by atoms with Crippen molar-refractivity contribution in [2.75, 3.05) is 19.5 Å². The van der Waals surface area contributed by atoms with Gasteiger partial charge in [0, 0.05) is 49.3 Å². The fourth-order valence-electron chi connectivity index (χ4n) is 4.08. The van der Waals surface area contributed by atoms with Crippen molar-refractivity contribution in [2.24, 2.45) is 13.0 Å². The van der Waals surface area contributed by atoms with Crippen LogP contribution >= 0.6 is 0 Å². The number of fused-ring (bicyclic) bond motifs is 1. The first-order valence-electron chi connectivity index (χ1n) is 10.8. The number of hydrogen-bond acceptors (Lipinski definition) is 6. The third-order valence-electron chi connectivity index (χ3n) is 6.02. The Labute approximate surface area is 190 Å². The molecule has 2 aliphatic rings. The maximum Gasteiger partial charge on any atom is 0.253 e. The van der Waals surface area contributed by atoms with E-state index < -0.39 is 0 Å². The summed E-state index contributed by atoms with van der Waals surface area (Å²) in [7, 11) is 5.03. The molecule has 2 heterocycles. The van der Waals surface area contributed by atoms with Crippen molar-refractivity contribution in [2.45, 2.75) is 19.3 Å². The quantitative estimate of drug-likeness (QED) is 0.605. The molecular weight excluding hydrogens is 420 g/mol. The average Bonchev–Trinajstić information content (AvgIpc) is 3.44.